The van der Waals surface area contributed by atoms with Crippen LogP contribution in [0.2, 0.25) is 0 Å². The summed E-state index contributed by atoms with van der Waals surface area (Å²) in [5.41, 5.74) is 6.41. The normalized spacial score (nSPS) is 16.2. The van der Waals surface area contributed by atoms with Crippen molar-refractivity contribution in [2.45, 2.75) is 32.7 Å². The topological polar surface area (TPSA) is 92.4 Å². The van der Waals surface area contributed by atoms with E-state index in [1.54, 1.807) is 17.7 Å². The molecule has 3 aromatic heterocycles. The summed E-state index contributed by atoms with van der Waals surface area (Å²) in [4.78, 5) is 31.5. The first kappa shape index (κ1) is 25.1. The molecule has 2 aliphatic rings. The molecule has 0 radical (unpaired) electrons. The summed E-state index contributed by atoms with van der Waals surface area (Å²) in [6, 6.07) is 8.64. The van der Waals surface area contributed by atoms with Crippen molar-refractivity contribution >= 4 is 28.3 Å². The monoisotopic (exact) mass is 527 g/mol. The van der Waals surface area contributed by atoms with E-state index in [9.17, 15) is 19.1 Å². The van der Waals surface area contributed by atoms with Gasteiger partial charge >= 0.3 is 5.97 Å². The molecule has 1 aromatic carbocycles. The zero-order chi connectivity index (χ0) is 27.4. The maximum absolute atomic E-state index is 14.9. The minimum atomic E-state index is -1.13. The van der Waals surface area contributed by atoms with Gasteiger partial charge in [0.2, 0.25) is 0 Å². The number of pyridine rings is 2. The first-order valence-electron chi connectivity index (χ1n) is 13.1. The zero-order valence-corrected chi connectivity index (χ0v) is 22.2. The van der Waals surface area contributed by atoms with E-state index in [1.807, 2.05) is 31.5 Å². The summed E-state index contributed by atoms with van der Waals surface area (Å²) in [5.74, 6) is -1.63. The van der Waals surface area contributed by atoms with Gasteiger partial charge in [0.15, 0.2) is 0 Å². The molecule has 39 heavy (non-hydrogen) atoms. The van der Waals surface area contributed by atoms with Crippen LogP contribution in [0, 0.1) is 12.7 Å². The van der Waals surface area contributed by atoms with Crippen molar-refractivity contribution in [3.05, 3.63) is 92.9 Å². The van der Waals surface area contributed by atoms with Gasteiger partial charge in [-0.2, -0.15) is 0 Å². The molecule has 2 N–H and O–H groups in total. The predicted molar refractivity (Wildman–Crippen MR) is 149 cm³/mol. The Balaban J connectivity index is 1.31. The van der Waals surface area contributed by atoms with E-state index >= 15 is 0 Å². The Hall–Kier alpha value is -4.24. The van der Waals surface area contributed by atoms with Gasteiger partial charge in [0.1, 0.15) is 11.5 Å². The van der Waals surface area contributed by atoms with Crippen molar-refractivity contribution in [2.24, 2.45) is 7.05 Å². The van der Waals surface area contributed by atoms with Crippen LogP contribution in [-0.2, 0) is 13.5 Å². The Labute approximate surface area is 225 Å². The van der Waals surface area contributed by atoms with E-state index in [2.05, 4.69) is 32.8 Å². The number of fused-ring (bicyclic) bond motifs is 2. The smallest absolute Gasteiger partial charge is 0.335 e. The standard InChI is InChI=1S/C30H30FN5O3/c1-17-14-20(30(38)39)15-23(31)27(17)19-6-11-35(12-7-19)18(2)26-16-22-25(5-10-33-28(22)34(26)3)36-13-8-24-21(29(36)37)4-9-32-24/h5-6,8,10,13-16,18,32H,4,7,9,11-12H2,1-3H3,(H,38,39)/t18-/m0/s1. The third kappa shape index (κ3) is 4.13. The molecule has 0 saturated heterocycles. The molecule has 9 heteroatoms. The summed E-state index contributed by atoms with van der Waals surface area (Å²) >= 11 is 0. The van der Waals surface area contributed by atoms with E-state index in [4.69, 9.17) is 0 Å². The van der Waals surface area contributed by atoms with E-state index in [-0.39, 0.29) is 17.2 Å². The molecule has 1 atom stereocenters. The maximum atomic E-state index is 14.9. The third-order valence-corrected chi connectivity index (χ3v) is 8.16. The second-order valence-corrected chi connectivity index (χ2v) is 10.4. The van der Waals surface area contributed by atoms with E-state index < -0.39 is 11.8 Å². The fourth-order valence-corrected chi connectivity index (χ4v) is 6.06. The number of nitrogens with one attached hydrogen (secondary N) is 1. The van der Waals surface area contributed by atoms with Crippen molar-refractivity contribution in [1.29, 1.82) is 0 Å². The SMILES string of the molecule is Cc1cc(C(=O)O)cc(F)c1C1=CCN([C@@H](C)c2cc3c(-n4ccc5c(c4=O)CCN5)ccnc3n2C)CC1. The molecule has 0 unspecified atom stereocenters. The van der Waals surface area contributed by atoms with Gasteiger partial charge in [0, 0.05) is 73.0 Å². The molecule has 0 amide bonds. The van der Waals surface area contributed by atoms with Gasteiger partial charge in [-0.05, 0) is 68.2 Å². The minimum absolute atomic E-state index is 0.00365. The highest BCUT2D eigenvalue weighted by molar-refractivity contribution is 5.89. The van der Waals surface area contributed by atoms with Crippen molar-refractivity contribution in [3.8, 4) is 5.69 Å². The Kier molecular flexibility index (Phi) is 6.10. The van der Waals surface area contributed by atoms with Crippen molar-refractivity contribution in [3.63, 3.8) is 0 Å². The summed E-state index contributed by atoms with van der Waals surface area (Å²) in [7, 11) is 1.99. The Bertz CT molecular complexity index is 1710. The van der Waals surface area contributed by atoms with Gasteiger partial charge in [-0.1, -0.05) is 6.08 Å². The third-order valence-electron chi connectivity index (χ3n) is 8.16. The molecule has 6 rings (SSSR count). The summed E-state index contributed by atoms with van der Waals surface area (Å²) in [6.07, 6.45) is 6.98. The van der Waals surface area contributed by atoms with Gasteiger partial charge in [-0.25, -0.2) is 14.2 Å². The quantitative estimate of drug-likeness (QED) is 0.391. The van der Waals surface area contributed by atoms with Crippen LogP contribution in [0.5, 0.6) is 0 Å². The van der Waals surface area contributed by atoms with Gasteiger partial charge in [-0.3, -0.25) is 14.3 Å². The largest absolute Gasteiger partial charge is 0.478 e. The number of carboxylic acids is 1. The summed E-state index contributed by atoms with van der Waals surface area (Å²) in [5, 5.41) is 13.4. The molecule has 2 aliphatic heterocycles. The number of aromatic nitrogens is 3. The zero-order valence-electron chi connectivity index (χ0n) is 22.2. The highest BCUT2D eigenvalue weighted by Crippen LogP contribution is 2.34. The number of aryl methyl sites for hydroxylation is 2. The Morgan fingerprint density at radius 3 is 2.74 bits per heavy atom. The number of rotatable bonds is 5. The molecule has 0 bridgehead atoms. The second-order valence-electron chi connectivity index (χ2n) is 10.4. The van der Waals surface area contributed by atoms with Crippen molar-refractivity contribution in [1.82, 2.24) is 19.0 Å². The van der Waals surface area contributed by atoms with Crippen LogP contribution in [0.3, 0.4) is 0 Å². The number of benzene rings is 1. The number of aromatic carboxylic acids is 1. The molecule has 8 nitrogen and oxygen atoms in total. The lowest BCUT2D eigenvalue weighted by molar-refractivity contribution is 0.0696. The molecule has 200 valence electrons. The van der Waals surface area contributed by atoms with Crippen molar-refractivity contribution in [2.75, 3.05) is 25.0 Å². The molecule has 0 saturated carbocycles. The Morgan fingerprint density at radius 1 is 1.21 bits per heavy atom. The fourth-order valence-electron chi connectivity index (χ4n) is 6.06. The first-order valence-corrected chi connectivity index (χ1v) is 13.1. The molecule has 0 aliphatic carbocycles. The second kappa shape index (κ2) is 9.50. The van der Waals surface area contributed by atoms with Gasteiger partial charge in [0.05, 0.1) is 11.3 Å². The number of nitrogens with zero attached hydrogens (tertiary/aromatic N) is 4. The predicted octanol–water partition coefficient (Wildman–Crippen LogP) is 4.69. The highest BCUT2D eigenvalue weighted by atomic mass is 19.1. The number of hydrogen-bond acceptors (Lipinski definition) is 5. The summed E-state index contributed by atoms with van der Waals surface area (Å²) in [6.45, 7) is 6.04. The number of carboxylic acid groups (broad SMARTS) is 1. The minimum Gasteiger partial charge on any atom is -0.478 e. The van der Waals surface area contributed by atoms with Gasteiger partial charge in [-0.15, -0.1) is 0 Å². The van der Waals surface area contributed by atoms with Crippen molar-refractivity contribution < 1.29 is 14.3 Å². The van der Waals surface area contributed by atoms with E-state index in [0.717, 1.165) is 64.8 Å². The highest BCUT2D eigenvalue weighted by Gasteiger charge is 2.26. The van der Waals surface area contributed by atoms with E-state index in [1.165, 1.54) is 6.07 Å². The number of hydrogen-bond donors (Lipinski definition) is 2. The number of halogens is 1. The molecular formula is C30H30FN5O3. The van der Waals surface area contributed by atoms with E-state index in [0.29, 0.717) is 24.1 Å². The maximum Gasteiger partial charge on any atom is 0.335 e. The van der Waals surface area contributed by atoms with Crippen LogP contribution in [0.15, 0.2) is 53.6 Å². The average molecular weight is 528 g/mol. The summed E-state index contributed by atoms with van der Waals surface area (Å²) < 4.78 is 18.7. The Morgan fingerprint density at radius 2 is 2.03 bits per heavy atom. The average Bonchev–Trinajstić information content (AvgIpc) is 3.54. The van der Waals surface area contributed by atoms with Crippen LogP contribution in [0.25, 0.3) is 22.3 Å². The van der Waals surface area contributed by atoms with Crippen LogP contribution >= 0.6 is 0 Å². The fraction of sp³-hybridized carbons (Fsp3) is 0.300. The lowest BCUT2D eigenvalue weighted by Crippen LogP contribution is -2.32. The lowest BCUT2D eigenvalue weighted by atomic mass is 9.93. The van der Waals surface area contributed by atoms with Crippen LogP contribution in [0.4, 0.5) is 10.1 Å². The molecule has 0 spiro atoms. The number of anilines is 1. The van der Waals surface area contributed by atoms with Crippen LogP contribution in [-0.4, -0.2) is 49.7 Å². The lowest BCUT2D eigenvalue weighted by Gasteiger charge is -2.32. The molecular weight excluding hydrogens is 497 g/mol. The molecule has 4 aromatic rings. The molecule has 5 heterocycles. The van der Waals surface area contributed by atoms with Crippen LogP contribution in [0.1, 0.15) is 52.1 Å². The van der Waals surface area contributed by atoms with Crippen LogP contribution < -0.4 is 10.9 Å². The van der Waals surface area contributed by atoms with Gasteiger partial charge in [0.25, 0.3) is 5.56 Å². The molecule has 0 fully saturated rings. The number of carbonyl (C=O) groups is 1. The van der Waals surface area contributed by atoms with Gasteiger partial charge < -0.3 is 15.0 Å². The first-order chi connectivity index (χ1) is 18.7.